The van der Waals surface area contributed by atoms with E-state index in [-0.39, 0.29) is 5.78 Å². The standard InChI is InChI=1S/C12H22O/c1-4-7-8-11(5-2)9-10-12(13)6-3/h9-11H,4-8H2,1-3H3. The van der Waals surface area contributed by atoms with E-state index >= 15 is 0 Å². The van der Waals surface area contributed by atoms with Crippen molar-refractivity contribution in [3.05, 3.63) is 12.2 Å². The van der Waals surface area contributed by atoms with E-state index in [0.29, 0.717) is 12.3 Å². The maximum absolute atomic E-state index is 11.0. The predicted molar refractivity (Wildman–Crippen MR) is 57.7 cm³/mol. The summed E-state index contributed by atoms with van der Waals surface area (Å²) in [5.41, 5.74) is 0. The molecule has 0 saturated heterocycles. The molecule has 0 bridgehead atoms. The van der Waals surface area contributed by atoms with Gasteiger partial charge in [0.25, 0.3) is 0 Å². The van der Waals surface area contributed by atoms with Crippen molar-refractivity contribution in [1.82, 2.24) is 0 Å². The highest BCUT2D eigenvalue weighted by molar-refractivity contribution is 5.89. The molecule has 0 fully saturated rings. The second-order valence-electron chi connectivity index (χ2n) is 3.49. The molecule has 13 heavy (non-hydrogen) atoms. The molecule has 1 nitrogen and oxygen atoms in total. The Morgan fingerprint density at radius 1 is 1.31 bits per heavy atom. The van der Waals surface area contributed by atoms with Gasteiger partial charge in [0.1, 0.15) is 0 Å². The Bertz CT molecular complexity index is 159. The van der Waals surface area contributed by atoms with Crippen LogP contribution in [0.4, 0.5) is 0 Å². The minimum Gasteiger partial charge on any atom is -0.295 e. The smallest absolute Gasteiger partial charge is 0.155 e. The molecule has 0 N–H and O–H groups in total. The molecule has 0 aromatic carbocycles. The van der Waals surface area contributed by atoms with Gasteiger partial charge in [0.2, 0.25) is 0 Å². The molecular weight excluding hydrogens is 160 g/mol. The molecular formula is C12H22O. The monoisotopic (exact) mass is 182 g/mol. The van der Waals surface area contributed by atoms with Gasteiger partial charge in [-0.25, -0.2) is 0 Å². The molecule has 0 rings (SSSR count). The SMILES string of the molecule is CCCCC(C=CC(=O)CC)CC. The van der Waals surface area contributed by atoms with Crippen molar-refractivity contribution in [3.63, 3.8) is 0 Å². The molecule has 1 atom stereocenters. The first-order chi connectivity index (χ1) is 6.24. The first-order valence-corrected chi connectivity index (χ1v) is 5.45. The Hall–Kier alpha value is -0.590. The Morgan fingerprint density at radius 3 is 2.46 bits per heavy atom. The summed E-state index contributed by atoms with van der Waals surface area (Å²) in [6.07, 6.45) is 9.34. The van der Waals surface area contributed by atoms with E-state index in [1.54, 1.807) is 6.08 Å². The fourth-order valence-electron chi connectivity index (χ4n) is 1.26. The molecule has 0 radical (unpaired) electrons. The Morgan fingerprint density at radius 2 is 2.00 bits per heavy atom. The maximum atomic E-state index is 11.0. The van der Waals surface area contributed by atoms with Crippen molar-refractivity contribution >= 4 is 5.78 Å². The largest absolute Gasteiger partial charge is 0.295 e. The fourth-order valence-corrected chi connectivity index (χ4v) is 1.26. The number of hydrogen-bond donors (Lipinski definition) is 0. The zero-order valence-corrected chi connectivity index (χ0v) is 9.18. The highest BCUT2D eigenvalue weighted by Gasteiger charge is 2.01. The molecule has 0 spiro atoms. The van der Waals surface area contributed by atoms with Gasteiger partial charge in [-0.05, 0) is 24.8 Å². The number of allylic oxidation sites excluding steroid dienone is 2. The van der Waals surface area contributed by atoms with Crippen LogP contribution < -0.4 is 0 Å². The van der Waals surface area contributed by atoms with Crippen LogP contribution in [0.1, 0.15) is 52.9 Å². The van der Waals surface area contributed by atoms with Crippen LogP contribution in [0.25, 0.3) is 0 Å². The minimum atomic E-state index is 0.245. The third-order valence-corrected chi connectivity index (χ3v) is 2.36. The fraction of sp³-hybridized carbons (Fsp3) is 0.750. The molecule has 0 aromatic rings. The Kier molecular flexibility index (Phi) is 7.66. The van der Waals surface area contributed by atoms with Crippen LogP contribution in [0.5, 0.6) is 0 Å². The van der Waals surface area contributed by atoms with E-state index in [9.17, 15) is 4.79 Å². The first kappa shape index (κ1) is 12.4. The number of ketones is 1. The normalized spacial score (nSPS) is 13.5. The third kappa shape index (κ3) is 6.56. The second kappa shape index (κ2) is 8.03. The van der Waals surface area contributed by atoms with Gasteiger partial charge in [-0.15, -0.1) is 0 Å². The highest BCUT2D eigenvalue weighted by Crippen LogP contribution is 2.13. The summed E-state index contributed by atoms with van der Waals surface area (Å²) >= 11 is 0. The summed E-state index contributed by atoms with van der Waals surface area (Å²) in [5, 5.41) is 0. The van der Waals surface area contributed by atoms with E-state index in [2.05, 4.69) is 19.9 Å². The maximum Gasteiger partial charge on any atom is 0.155 e. The molecule has 0 amide bonds. The minimum absolute atomic E-state index is 0.245. The molecule has 0 aromatic heterocycles. The average Bonchev–Trinajstić information content (AvgIpc) is 2.17. The van der Waals surface area contributed by atoms with Crippen LogP contribution in [0.15, 0.2) is 12.2 Å². The van der Waals surface area contributed by atoms with Crippen molar-refractivity contribution in [2.75, 3.05) is 0 Å². The number of rotatable bonds is 7. The van der Waals surface area contributed by atoms with Gasteiger partial charge >= 0.3 is 0 Å². The van der Waals surface area contributed by atoms with Crippen molar-refractivity contribution in [2.24, 2.45) is 5.92 Å². The Balaban J connectivity index is 3.81. The van der Waals surface area contributed by atoms with E-state index in [4.69, 9.17) is 0 Å². The molecule has 1 unspecified atom stereocenters. The van der Waals surface area contributed by atoms with E-state index in [1.807, 2.05) is 6.92 Å². The zero-order valence-electron chi connectivity index (χ0n) is 9.18. The molecule has 0 aliphatic rings. The van der Waals surface area contributed by atoms with Crippen LogP contribution in [0.2, 0.25) is 0 Å². The predicted octanol–water partition coefficient (Wildman–Crippen LogP) is 3.74. The lowest BCUT2D eigenvalue weighted by Crippen LogP contribution is -1.96. The van der Waals surface area contributed by atoms with Gasteiger partial charge in [0.05, 0.1) is 0 Å². The highest BCUT2D eigenvalue weighted by atomic mass is 16.1. The van der Waals surface area contributed by atoms with Crippen molar-refractivity contribution in [1.29, 1.82) is 0 Å². The molecule has 76 valence electrons. The molecule has 0 saturated carbocycles. The Labute approximate surface area is 82.2 Å². The van der Waals surface area contributed by atoms with E-state index < -0.39 is 0 Å². The molecule has 0 aliphatic heterocycles. The van der Waals surface area contributed by atoms with E-state index in [1.165, 1.54) is 19.3 Å². The van der Waals surface area contributed by atoms with Gasteiger partial charge in [-0.3, -0.25) is 4.79 Å². The molecule has 0 heterocycles. The van der Waals surface area contributed by atoms with Crippen molar-refractivity contribution in [3.8, 4) is 0 Å². The summed E-state index contributed by atoms with van der Waals surface area (Å²) < 4.78 is 0. The van der Waals surface area contributed by atoms with Gasteiger partial charge < -0.3 is 0 Å². The summed E-state index contributed by atoms with van der Waals surface area (Å²) in [6, 6.07) is 0. The quantitative estimate of drug-likeness (QED) is 0.548. The topological polar surface area (TPSA) is 17.1 Å². The number of carbonyl (C=O) groups is 1. The number of hydrogen-bond acceptors (Lipinski definition) is 1. The van der Waals surface area contributed by atoms with Gasteiger partial charge in [-0.1, -0.05) is 39.7 Å². The van der Waals surface area contributed by atoms with Gasteiger partial charge in [0, 0.05) is 6.42 Å². The van der Waals surface area contributed by atoms with Crippen LogP contribution in [-0.4, -0.2) is 5.78 Å². The second-order valence-corrected chi connectivity index (χ2v) is 3.49. The zero-order chi connectivity index (χ0) is 10.1. The van der Waals surface area contributed by atoms with Crippen LogP contribution >= 0.6 is 0 Å². The first-order valence-electron chi connectivity index (χ1n) is 5.45. The van der Waals surface area contributed by atoms with Crippen molar-refractivity contribution < 1.29 is 4.79 Å². The summed E-state index contributed by atoms with van der Waals surface area (Å²) in [5.74, 6) is 0.852. The summed E-state index contributed by atoms with van der Waals surface area (Å²) in [4.78, 5) is 11.0. The lowest BCUT2D eigenvalue weighted by atomic mass is 9.98. The summed E-state index contributed by atoms with van der Waals surface area (Å²) in [6.45, 7) is 6.29. The van der Waals surface area contributed by atoms with Crippen LogP contribution in [0.3, 0.4) is 0 Å². The molecule has 0 aliphatic carbocycles. The lowest BCUT2D eigenvalue weighted by Gasteiger charge is -2.07. The van der Waals surface area contributed by atoms with E-state index in [0.717, 1.165) is 6.42 Å². The lowest BCUT2D eigenvalue weighted by molar-refractivity contribution is -0.114. The number of carbonyl (C=O) groups excluding carboxylic acids is 1. The number of unbranched alkanes of at least 4 members (excludes halogenated alkanes) is 1. The van der Waals surface area contributed by atoms with Gasteiger partial charge in [0.15, 0.2) is 5.78 Å². The van der Waals surface area contributed by atoms with Crippen LogP contribution in [0, 0.1) is 5.92 Å². The third-order valence-electron chi connectivity index (χ3n) is 2.36. The van der Waals surface area contributed by atoms with Crippen molar-refractivity contribution in [2.45, 2.75) is 52.9 Å². The summed E-state index contributed by atoms with van der Waals surface area (Å²) in [7, 11) is 0. The molecule has 1 heteroatoms. The van der Waals surface area contributed by atoms with Gasteiger partial charge in [-0.2, -0.15) is 0 Å². The average molecular weight is 182 g/mol. The van der Waals surface area contributed by atoms with Crippen LogP contribution in [-0.2, 0) is 4.79 Å².